The molecule has 4 amide bonds. The van der Waals surface area contributed by atoms with Crippen molar-refractivity contribution in [2.45, 2.75) is 25.9 Å². The van der Waals surface area contributed by atoms with Gasteiger partial charge in [0, 0.05) is 4.88 Å². The van der Waals surface area contributed by atoms with Crippen LogP contribution in [-0.4, -0.2) is 53.9 Å². The minimum Gasteiger partial charge on any atom is -0.463 e. The summed E-state index contributed by atoms with van der Waals surface area (Å²) in [6, 6.07) is 7.24. The van der Waals surface area contributed by atoms with Crippen LogP contribution in [0.15, 0.2) is 53.0 Å². The minimum absolute atomic E-state index is 0.0588. The second-order valence-electron chi connectivity index (χ2n) is 7.47. The number of nitrogens with zero attached hydrogens (tertiary/aromatic N) is 1. The van der Waals surface area contributed by atoms with Crippen LogP contribution in [0.25, 0.3) is 0 Å². The van der Waals surface area contributed by atoms with Crippen molar-refractivity contribution >= 4 is 41.1 Å². The summed E-state index contributed by atoms with van der Waals surface area (Å²) in [5.41, 5.74) is 0.585. The molecule has 2 aliphatic heterocycles. The Morgan fingerprint density at radius 1 is 1.06 bits per heavy atom. The lowest BCUT2D eigenvalue weighted by Crippen LogP contribution is -2.48. The number of rotatable bonds is 7. The van der Waals surface area contributed by atoms with Gasteiger partial charge in [0.25, 0.3) is 11.8 Å². The summed E-state index contributed by atoms with van der Waals surface area (Å²) >= 11 is 1.34. The van der Waals surface area contributed by atoms with E-state index in [1.54, 1.807) is 36.6 Å². The van der Waals surface area contributed by atoms with E-state index in [-0.39, 0.29) is 29.0 Å². The Morgan fingerprint density at radius 3 is 2.32 bits per heavy atom. The number of fused-ring (bicyclic) bond motifs is 1. The van der Waals surface area contributed by atoms with Crippen molar-refractivity contribution in [2.24, 2.45) is 0 Å². The third kappa shape index (κ3) is 4.17. The zero-order valence-electron chi connectivity index (χ0n) is 18.3. The number of hydrogen-bond acceptors (Lipinski definition) is 8. The number of urea groups is 1. The Kier molecular flexibility index (Phi) is 6.46. The molecule has 0 aliphatic carbocycles. The van der Waals surface area contributed by atoms with E-state index >= 15 is 0 Å². The smallest absolute Gasteiger partial charge is 0.338 e. The first-order chi connectivity index (χ1) is 16.3. The van der Waals surface area contributed by atoms with E-state index in [4.69, 9.17) is 9.47 Å². The molecule has 3 heterocycles. The molecule has 0 radical (unpaired) electrons. The summed E-state index contributed by atoms with van der Waals surface area (Å²) in [4.78, 5) is 64.6. The van der Waals surface area contributed by atoms with Crippen molar-refractivity contribution in [3.05, 3.63) is 69.1 Å². The first-order valence-electron chi connectivity index (χ1n) is 10.5. The fraction of sp³-hybridized carbons (Fsp3) is 0.261. The Labute approximate surface area is 198 Å². The standard InChI is InChI=1S/C23H21N3O7S/c1-3-32-22(30)17-15(24-23(31)25-18(17)16-9-6-10-34-16)11-33-21(29)12(2)26-19(27)13-7-4-5-8-14(13)20(26)28/h4-10,12,18H,3,11H2,1-2H3,(H2,24,25,31)/t12-,18-/m1/s1. The molecule has 0 spiro atoms. The number of ether oxygens (including phenoxy) is 2. The molecule has 0 fully saturated rings. The van der Waals surface area contributed by atoms with E-state index in [0.717, 1.165) is 4.90 Å². The van der Waals surface area contributed by atoms with Crippen LogP contribution >= 0.6 is 11.3 Å². The fourth-order valence-electron chi connectivity index (χ4n) is 3.78. The molecular formula is C23H21N3O7S. The monoisotopic (exact) mass is 483 g/mol. The van der Waals surface area contributed by atoms with Crippen LogP contribution in [0.4, 0.5) is 4.79 Å². The maximum absolute atomic E-state index is 12.8. The van der Waals surface area contributed by atoms with Gasteiger partial charge in [0.05, 0.1) is 35.0 Å². The highest BCUT2D eigenvalue weighted by molar-refractivity contribution is 7.10. The van der Waals surface area contributed by atoms with Gasteiger partial charge < -0.3 is 20.1 Å². The summed E-state index contributed by atoms with van der Waals surface area (Å²) in [5.74, 6) is -2.73. The van der Waals surface area contributed by atoms with Crippen molar-refractivity contribution in [3.8, 4) is 0 Å². The Morgan fingerprint density at radius 2 is 1.74 bits per heavy atom. The Balaban J connectivity index is 1.55. The number of nitrogens with one attached hydrogen (secondary N) is 2. The number of amides is 4. The second-order valence-corrected chi connectivity index (χ2v) is 8.45. The molecule has 10 nitrogen and oxygen atoms in total. The van der Waals surface area contributed by atoms with Crippen LogP contribution in [0.2, 0.25) is 0 Å². The molecule has 1 aromatic carbocycles. The molecule has 2 aliphatic rings. The Hall–Kier alpha value is -3.99. The van der Waals surface area contributed by atoms with Crippen LogP contribution in [0, 0.1) is 0 Å². The number of benzene rings is 1. The maximum Gasteiger partial charge on any atom is 0.338 e. The van der Waals surface area contributed by atoms with E-state index in [0.29, 0.717) is 4.88 Å². The molecule has 1 aromatic heterocycles. The average molecular weight is 484 g/mol. The lowest BCUT2D eigenvalue weighted by Gasteiger charge is -2.28. The highest BCUT2D eigenvalue weighted by atomic mass is 32.1. The van der Waals surface area contributed by atoms with Gasteiger partial charge in [-0.05, 0) is 37.4 Å². The summed E-state index contributed by atoms with van der Waals surface area (Å²) in [7, 11) is 0. The molecule has 0 unspecified atom stereocenters. The van der Waals surface area contributed by atoms with Crippen LogP contribution in [-0.2, 0) is 19.1 Å². The second kappa shape index (κ2) is 9.48. The van der Waals surface area contributed by atoms with Crippen LogP contribution in [0.5, 0.6) is 0 Å². The first-order valence-corrected chi connectivity index (χ1v) is 11.4. The predicted octanol–water partition coefficient (Wildman–Crippen LogP) is 2.15. The average Bonchev–Trinajstić information content (AvgIpc) is 3.44. The Bertz CT molecular complexity index is 1170. The van der Waals surface area contributed by atoms with Crippen LogP contribution in [0.1, 0.15) is 45.5 Å². The molecule has 0 saturated carbocycles. The molecular weight excluding hydrogens is 462 g/mol. The number of carbonyl (C=O) groups is 5. The number of carbonyl (C=O) groups excluding carboxylic acids is 5. The SMILES string of the molecule is CCOC(=O)C1=C(COC(=O)[C@@H](C)N2C(=O)c3ccccc3C2=O)NC(=O)N[C@@H]1c1cccs1. The zero-order valence-corrected chi connectivity index (χ0v) is 19.1. The highest BCUT2D eigenvalue weighted by Crippen LogP contribution is 2.31. The summed E-state index contributed by atoms with van der Waals surface area (Å²) in [6.07, 6.45) is 0. The molecule has 2 atom stereocenters. The third-order valence-electron chi connectivity index (χ3n) is 5.39. The van der Waals surface area contributed by atoms with Gasteiger partial charge in [-0.15, -0.1) is 11.3 Å². The molecule has 2 aromatic rings. The lowest BCUT2D eigenvalue weighted by molar-refractivity contribution is -0.147. The van der Waals surface area contributed by atoms with E-state index in [1.165, 1.54) is 30.4 Å². The third-order valence-corrected chi connectivity index (χ3v) is 6.33. The number of esters is 2. The van der Waals surface area contributed by atoms with Gasteiger partial charge in [0.2, 0.25) is 0 Å². The molecule has 0 saturated heterocycles. The lowest BCUT2D eigenvalue weighted by atomic mass is 10.0. The van der Waals surface area contributed by atoms with E-state index in [1.807, 2.05) is 0 Å². The van der Waals surface area contributed by atoms with E-state index < -0.39 is 48.5 Å². The van der Waals surface area contributed by atoms with Crippen LogP contribution < -0.4 is 10.6 Å². The van der Waals surface area contributed by atoms with Crippen molar-refractivity contribution in [1.82, 2.24) is 15.5 Å². The van der Waals surface area contributed by atoms with Crippen molar-refractivity contribution in [3.63, 3.8) is 0 Å². The largest absolute Gasteiger partial charge is 0.463 e. The van der Waals surface area contributed by atoms with Gasteiger partial charge in [-0.2, -0.15) is 0 Å². The van der Waals surface area contributed by atoms with Gasteiger partial charge in [-0.3, -0.25) is 14.5 Å². The van der Waals surface area contributed by atoms with Gasteiger partial charge in [0.1, 0.15) is 12.6 Å². The highest BCUT2D eigenvalue weighted by Gasteiger charge is 2.41. The quantitative estimate of drug-likeness (QED) is 0.456. The van der Waals surface area contributed by atoms with E-state index in [2.05, 4.69) is 10.6 Å². The van der Waals surface area contributed by atoms with Gasteiger partial charge in [0.15, 0.2) is 0 Å². The molecule has 0 bridgehead atoms. The van der Waals surface area contributed by atoms with Gasteiger partial charge in [-0.1, -0.05) is 18.2 Å². The minimum atomic E-state index is -1.22. The summed E-state index contributed by atoms with van der Waals surface area (Å²) in [5, 5.41) is 6.98. The number of thiophene rings is 1. The predicted molar refractivity (Wildman–Crippen MR) is 120 cm³/mol. The van der Waals surface area contributed by atoms with Crippen molar-refractivity contribution in [1.29, 1.82) is 0 Å². The molecule has 4 rings (SSSR count). The fourth-order valence-corrected chi connectivity index (χ4v) is 4.56. The summed E-state index contributed by atoms with van der Waals surface area (Å²) in [6.45, 7) is 2.67. The molecule has 176 valence electrons. The van der Waals surface area contributed by atoms with Crippen molar-refractivity contribution in [2.75, 3.05) is 13.2 Å². The van der Waals surface area contributed by atoms with Gasteiger partial charge in [-0.25, -0.2) is 14.4 Å². The molecule has 2 N–H and O–H groups in total. The summed E-state index contributed by atoms with van der Waals surface area (Å²) < 4.78 is 10.5. The molecule has 11 heteroatoms. The normalized spacial score (nSPS) is 18.2. The van der Waals surface area contributed by atoms with Crippen LogP contribution in [0.3, 0.4) is 0 Å². The number of hydrogen-bond donors (Lipinski definition) is 2. The topological polar surface area (TPSA) is 131 Å². The van der Waals surface area contributed by atoms with Crippen molar-refractivity contribution < 1.29 is 33.4 Å². The molecule has 34 heavy (non-hydrogen) atoms. The first kappa shape index (κ1) is 23.2. The number of imide groups is 1. The van der Waals surface area contributed by atoms with Gasteiger partial charge >= 0.3 is 18.0 Å². The maximum atomic E-state index is 12.8. The van der Waals surface area contributed by atoms with E-state index in [9.17, 15) is 24.0 Å². The zero-order chi connectivity index (χ0) is 24.4.